The van der Waals surface area contributed by atoms with Crippen LogP contribution in [0.4, 0.5) is 0 Å². The van der Waals surface area contributed by atoms with E-state index < -0.39 is 0 Å². The summed E-state index contributed by atoms with van der Waals surface area (Å²) in [7, 11) is 1.48. The Morgan fingerprint density at radius 2 is 1.95 bits per heavy atom. The molecular formula is C17H32N2O2. The summed E-state index contributed by atoms with van der Waals surface area (Å²) in [5.74, 6) is 1.57. The van der Waals surface area contributed by atoms with Gasteiger partial charge in [-0.2, -0.15) is 0 Å². The van der Waals surface area contributed by atoms with Gasteiger partial charge in [0.1, 0.15) is 0 Å². The molecule has 0 spiro atoms. The Morgan fingerprint density at radius 1 is 1.24 bits per heavy atom. The molecule has 2 aliphatic rings. The summed E-state index contributed by atoms with van der Waals surface area (Å²) < 4.78 is 4.83. The van der Waals surface area contributed by atoms with Crippen LogP contribution in [0.25, 0.3) is 0 Å². The number of ether oxygens (including phenoxy) is 1. The second-order valence-electron chi connectivity index (χ2n) is 8.19. The van der Waals surface area contributed by atoms with Crippen molar-refractivity contribution in [3.63, 3.8) is 0 Å². The third-order valence-electron chi connectivity index (χ3n) is 4.48. The third-order valence-corrected chi connectivity index (χ3v) is 4.48. The Bertz CT molecular complexity index is 347. The number of carbonyl (C=O) groups is 1. The Balaban J connectivity index is 1.87. The second kappa shape index (κ2) is 7.10. The minimum absolute atomic E-state index is 0.114. The molecule has 0 bridgehead atoms. The zero-order chi connectivity index (χ0) is 15.5. The first kappa shape index (κ1) is 16.8. The van der Waals surface area contributed by atoms with Gasteiger partial charge in [-0.1, -0.05) is 33.6 Å². The van der Waals surface area contributed by atoms with E-state index in [1.807, 2.05) is 0 Å². The highest BCUT2D eigenvalue weighted by molar-refractivity contribution is 5.71. The maximum Gasteiger partial charge on any atom is 0.319 e. The van der Waals surface area contributed by atoms with Gasteiger partial charge in [0, 0.05) is 25.7 Å². The summed E-state index contributed by atoms with van der Waals surface area (Å²) in [6.07, 6.45) is 5.41. The van der Waals surface area contributed by atoms with Crippen molar-refractivity contribution in [2.45, 2.75) is 52.5 Å². The molecule has 1 aliphatic carbocycles. The van der Waals surface area contributed by atoms with Gasteiger partial charge in [0.05, 0.1) is 13.7 Å². The average molecular weight is 296 g/mol. The van der Waals surface area contributed by atoms with Gasteiger partial charge in [-0.3, -0.25) is 9.69 Å². The van der Waals surface area contributed by atoms with Crippen molar-refractivity contribution in [2.24, 2.45) is 17.3 Å². The molecular weight excluding hydrogens is 264 g/mol. The van der Waals surface area contributed by atoms with Crippen LogP contribution in [0.5, 0.6) is 0 Å². The number of carbonyl (C=O) groups excluding carboxylic acids is 1. The largest absolute Gasteiger partial charge is 0.468 e. The van der Waals surface area contributed by atoms with Crippen molar-refractivity contribution in [1.29, 1.82) is 0 Å². The van der Waals surface area contributed by atoms with Crippen LogP contribution in [0.1, 0.15) is 46.5 Å². The van der Waals surface area contributed by atoms with E-state index >= 15 is 0 Å². The van der Waals surface area contributed by atoms with Gasteiger partial charge in [0.15, 0.2) is 0 Å². The van der Waals surface area contributed by atoms with E-state index in [0.717, 1.165) is 31.5 Å². The highest BCUT2D eigenvalue weighted by Crippen LogP contribution is 2.37. The van der Waals surface area contributed by atoms with Gasteiger partial charge in [0.2, 0.25) is 0 Å². The number of likely N-dealkylation sites (tertiary alicyclic amines) is 1. The molecule has 2 rings (SSSR count). The topological polar surface area (TPSA) is 41.6 Å². The molecule has 0 aromatic heterocycles. The fourth-order valence-electron chi connectivity index (χ4n) is 3.27. The first-order valence-electron chi connectivity index (χ1n) is 8.38. The van der Waals surface area contributed by atoms with Crippen molar-refractivity contribution >= 4 is 5.97 Å². The maximum absolute atomic E-state index is 11.6. The van der Waals surface area contributed by atoms with Crippen LogP contribution >= 0.6 is 0 Å². The quantitative estimate of drug-likeness (QED) is 0.764. The lowest BCUT2D eigenvalue weighted by Crippen LogP contribution is -2.52. The maximum atomic E-state index is 11.6. The Hall–Kier alpha value is -0.610. The molecule has 1 aliphatic heterocycles. The van der Waals surface area contributed by atoms with Gasteiger partial charge < -0.3 is 10.1 Å². The molecule has 1 saturated heterocycles. The second-order valence-corrected chi connectivity index (χ2v) is 8.19. The van der Waals surface area contributed by atoms with Gasteiger partial charge in [-0.25, -0.2) is 0 Å². The van der Waals surface area contributed by atoms with Crippen LogP contribution in [-0.4, -0.2) is 50.2 Å². The van der Waals surface area contributed by atoms with Crippen molar-refractivity contribution in [2.75, 3.05) is 33.3 Å². The zero-order valence-electron chi connectivity index (χ0n) is 14.2. The molecule has 0 radical (unpaired) electrons. The Kier molecular flexibility index (Phi) is 5.67. The molecule has 2 atom stereocenters. The smallest absolute Gasteiger partial charge is 0.319 e. The molecule has 2 unspecified atom stereocenters. The standard InChI is InChI=1S/C17H32N2O2/c1-17(2,3)12-18-15-8-14(7-13-5-6-13)9-19(10-15)11-16(20)21-4/h13-15,18H,5-12H2,1-4H3. The average Bonchev–Trinajstić information content (AvgIpc) is 3.19. The van der Waals surface area contributed by atoms with E-state index in [4.69, 9.17) is 4.74 Å². The molecule has 1 N–H and O–H groups in total. The lowest BCUT2D eigenvalue weighted by Gasteiger charge is -2.39. The molecule has 0 aromatic carbocycles. The molecule has 21 heavy (non-hydrogen) atoms. The van der Waals surface area contributed by atoms with Crippen LogP contribution in [0, 0.1) is 17.3 Å². The molecule has 122 valence electrons. The molecule has 2 fully saturated rings. The Morgan fingerprint density at radius 3 is 2.52 bits per heavy atom. The molecule has 0 amide bonds. The van der Waals surface area contributed by atoms with E-state index in [0.29, 0.717) is 18.0 Å². The number of rotatable bonds is 6. The number of hydrogen-bond acceptors (Lipinski definition) is 4. The van der Waals surface area contributed by atoms with E-state index in [9.17, 15) is 4.79 Å². The number of nitrogens with one attached hydrogen (secondary N) is 1. The summed E-state index contributed by atoms with van der Waals surface area (Å²) in [6, 6.07) is 0.506. The summed E-state index contributed by atoms with van der Waals surface area (Å²) in [4.78, 5) is 13.8. The normalized spacial score (nSPS) is 27.6. The van der Waals surface area contributed by atoms with Crippen LogP contribution in [-0.2, 0) is 9.53 Å². The van der Waals surface area contributed by atoms with Gasteiger partial charge >= 0.3 is 5.97 Å². The van der Waals surface area contributed by atoms with Crippen molar-refractivity contribution in [1.82, 2.24) is 10.2 Å². The number of nitrogens with zero attached hydrogens (tertiary/aromatic N) is 1. The van der Waals surface area contributed by atoms with Crippen molar-refractivity contribution in [3.05, 3.63) is 0 Å². The van der Waals surface area contributed by atoms with Gasteiger partial charge in [0.25, 0.3) is 0 Å². The lowest BCUT2D eigenvalue weighted by molar-refractivity contribution is -0.142. The predicted octanol–water partition coefficient (Wildman–Crippen LogP) is 2.29. The molecule has 4 nitrogen and oxygen atoms in total. The predicted molar refractivity (Wildman–Crippen MR) is 85.1 cm³/mol. The molecule has 1 saturated carbocycles. The van der Waals surface area contributed by atoms with E-state index in [2.05, 4.69) is 31.0 Å². The zero-order valence-corrected chi connectivity index (χ0v) is 14.2. The number of hydrogen-bond donors (Lipinski definition) is 1. The number of piperidine rings is 1. The summed E-state index contributed by atoms with van der Waals surface area (Å²) >= 11 is 0. The first-order valence-corrected chi connectivity index (χ1v) is 8.38. The van der Waals surface area contributed by atoms with Crippen LogP contribution < -0.4 is 5.32 Å². The van der Waals surface area contributed by atoms with Crippen molar-refractivity contribution in [3.8, 4) is 0 Å². The van der Waals surface area contributed by atoms with Crippen LogP contribution in [0.15, 0.2) is 0 Å². The van der Waals surface area contributed by atoms with Crippen LogP contribution in [0.2, 0.25) is 0 Å². The third kappa shape index (κ3) is 6.35. The first-order chi connectivity index (χ1) is 9.85. The monoisotopic (exact) mass is 296 g/mol. The summed E-state index contributed by atoms with van der Waals surface area (Å²) in [5.41, 5.74) is 0.302. The number of esters is 1. The fraction of sp³-hybridized carbons (Fsp3) is 0.941. The van der Waals surface area contributed by atoms with Gasteiger partial charge in [-0.05, 0) is 30.1 Å². The van der Waals surface area contributed by atoms with E-state index in [1.165, 1.54) is 32.8 Å². The Labute approximate surface area is 129 Å². The van der Waals surface area contributed by atoms with Crippen molar-refractivity contribution < 1.29 is 9.53 Å². The fourth-order valence-corrected chi connectivity index (χ4v) is 3.27. The molecule has 0 aromatic rings. The minimum atomic E-state index is -0.114. The van der Waals surface area contributed by atoms with Gasteiger partial charge in [-0.15, -0.1) is 0 Å². The highest BCUT2D eigenvalue weighted by Gasteiger charge is 2.33. The molecule has 4 heteroatoms. The molecule has 1 heterocycles. The number of methoxy groups -OCH3 is 1. The summed E-state index contributed by atoms with van der Waals surface area (Å²) in [5, 5.41) is 3.71. The van der Waals surface area contributed by atoms with E-state index in [-0.39, 0.29) is 5.97 Å². The van der Waals surface area contributed by atoms with Crippen LogP contribution in [0.3, 0.4) is 0 Å². The van der Waals surface area contributed by atoms with E-state index in [1.54, 1.807) is 0 Å². The highest BCUT2D eigenvalue weighted by atomic mass is 16.5. The lowest BCUT2D eigenvalue weighted by atomic mass is 9.88. The summed E-state index contributed by atoms with van der Waals surface area (Å²) in [6.45, 7) is 10.3. The SMILES string of the molecule is COC(=O)CN1CC(CC2CC2)CC(NCC(C)(C)C)C1. The minimum Gasteiger partial charge on any atom is -0.468 e.